The van der Waals surface area contributed by atoms with E-state index in [0.717, 1.165) is 12.2 Å². The molecule has 0 atom stereocenters. The number of aromatic hydroxyl groups is 1. The van der Waals surface area contributed by atoms with Crippen molar-refractivity contribution in [1.29, 1.82) is 0 Å². The Labute approximate surface area is 113 Å². The summed E-state index contributed by atoms with van der Waals surface area (Å²) in [7, 11) is 0. The summed E-state index contributed by atoms with van der Waals surface area (Å²) in [6, 6.07) is 0. The van der Waals surface area contributed by atoms with Crippen molar-refractivity contribution in [3.05, 3.63) is 20.1 Å². The van der Waals surface area contributed by atoms with Crippen molar-refractivity contribution in [1.82, 2.24) is 0 Å². The zero-order valence-electron chi connectivity index (χ0n) is 7.78. The minimum absolute atomic E-state index is 0.0460. The van der Waals surface area contributed by atoms with E-state index in [1.165, 1.54) is 11.8 Å². The van der Waals surface area contributed by atoms with Crippen LogP contribution in [0.2, 0.25) is 20.1 Å². The molecule has 0 bridgehead atoms. The first-order valence-corrected chi connectivity index (χ1v) is 6.68. The van der Waals surface area contributed by atoms with Crippen LogP contribution in [0.4, 0.5) is 0 Å². The summed E-state index contributed by atoms with van der Waals surface area (Å²) in [6.07, 6.45) is 0.980. The molecule has 1 rings (SSSR count). The average Bonchev–Trinajstić information content (AvgIpc) is 2.24. The molecule has 0 spiro atoms. The number of hydrogen-bond acceptors (Lipinski definition) is 2. The van der Waals surface area contributed by atoms with Crippen LogP contribution < -0.4 is 0 Å². The minimum atomic E-state index is -0.269. The van der Waals surface area contributed by atoms with Crippen LogP contribution in [0, 0.1) is 0 Å². The van der Waals surface area contributed by atoms with E-state index in [1.54, 1.807) is 0 Å². The summed E-state index contributed by atoms with van der Waals surface area (Å²) in [5, 5.41) is 10.1. The first kappa shape index (κ1) is 13.6. The molecule has 0 fully saturated rings. The van der Waals surface area contributed by atoms with Crippen molar-refractivity contribution in [3.8, 4) is 5.75 Å². The monoisotopic (exact) mass is 304 g/mol. The lowest BCUT2D eigenvalue weighted by Gasteiger charge is -2.11. The van der Waals surface area contributed by atoms with Gasteiger partial charge in [0.1, 0.15) is 10.0 Å². The van der Waals surface area contributed by atoms with Gasteiger partial charge < -0.3 is 5.11 Å². The Bertz CT molecular complexity index is 352. The molecule has 0 amide bonds. The molecule has 0 aromatic heterocycles. The fourth-order valence-electron chi connectivity index (χ4n) is 0.931. The van der Waals surface area contributed by atoms with Crippen LogP contribution in [-0.2, 0) is 0 Å². The molecule has 0 aliphatic heterocycles. The largest absolute Gasteiger partial charge is 0.505 e. The second-order valence-electron chi connectivity index (χ2n) is 2.78. The van der Waals surface area contributed by atoms with Crippen LogP contribution >= 0.6 is 58.2 Å². The minimum Gasteiger partial charge on any atom is -0.505 e. The quantitative estimate of drug-likeness (QED) is 0.587. The molecule has 15 heavy (non-hydrogen) atoms. The zero-order chi connectivity index (χ0) is 11.6. The smallest absolute Gasteiger partial charge is 0.155 e. The maximum atomic E-state index is 9.48. The number of thioether (sulfide) groups is 1. The van der Waals surface area contributed by atoms with Crippen LogP contribution in [0.3, 0.4) is 0 Å². The number of phenolic OH excluding ortho intramolecular Hbond substituents is 1. The average molecular weight is 306 g/mol. The molecule has 0 saturated heterocycles. The first-order chi connectivity index (χ1) is 7.00. The van der Waals surface area contributed by atoms with Gasteiger partial charge in [-0.3, -0.25) is 0 Å². The van der Waals surface area contributed by atoms with E-state index in [0.29, 0.717) is 4.90 Å². The standard InChI is InChI=1S/C9H8Cl4OS/c1-2-3-15-9-6(12)4(10)8(14)5(11)7(9)13/h14H,2-3H2,1H3. The van der Waals surface area contributed by atoms with Crippen LogP contribution in [0.1, 0.15) is 13.3 Å². The number of phenols is 1. The third-order valence-electron chi connectivity index (χ3n) is 1.65. The van der Waals surface area contributed by atoms with E-state index in [2.05, 4.69) is 0 Å². The third-order valence-corrected chi connectivity index (χ3v) is 4.87. The van der Waals surface area contributed by atoms with E-state index >= 15 is 0 Å². The molecule has 0 saturated carbocycles. The Kier molecular flexibility index (Phi) is 5.20. The maximum Gasteiger partial charge on any atom is 0.155 e. The van der Waals surface area contributed by atoms with E-state index < -0.39 is 0 Å². The highest BCUT2D eigenvalue weighted by molar-refractivity contribution is 7.99. The number of benzene rings is 1. The van der Waals surface area contributed by atoms with Gasteiger partial charge in [0.15, 0.2) is 5.75 Å². The summed E-state index contributed by atoms with van der Waals surface area (Å²) >= 11 is 25.0. The molecule has 0 radical (unpaired) electrons. The lowest BCUT2D eigenvalue weighted by molar-refractivity contribution is 0.475. The summed E-state index contributed by atoms with van der Waals surface area (Å²) in [6.45, 7) is 2.04. The van der Waals surface area contributed by atoms with Gasteiger partial charge in [-0.2, -0.15) is 0 Å². The van der Waals surface area contributed by atoms with Crippen LogP contribution in [0.25, 0.3) is 0 Å². The molecule has 6 heteroatoms. The fourth-order valence-corrected chi connectivity index (χ4v) is 3.08. The molecule has 1 aromatic rings. The van der Waals surface area contributed by atoms with Gasteiger partial charge in [-0.1, -0.05) is 53.3 Å². The molecule has 1 nitrogen and oxygen atoms in total. The van der Waals surface area contributed by atoms with Crippen molar-refractivity contribution in [3.63, 3.8) is 0 Å². The Hall–Kier alpha value is 0.530. The molecule has 0 unspecified atom stereocenters. The van der Waals surface area contributed by atoms with Crippen molar-refractivity contribution >= 4 is 58.2 Å². The molecule has 84 valence electrons. The number of halogens is 4. The van der Waals surface area contributed by atoms with Crippen LogP contribution in [-0.4, -0.2) is 10.9 Å². The van der Waals surface area contributed by atoms with Gasteiger partial charge in [-0.25, -0.2) is 0 Å². The Morgan fingerprint density at radius 3 is 1.87 bits per heavy atom. The summed E-state index contributed by atoms with van der Waals surface area (Å²) in [4.78, 5) is 0.619. The Balaban J connectivity index is 3.26. The first-order valence-electron chi connectivity index (χ1n) is 4.18. The zero-order valence-corrected chi connectivity index (χ0v) is 11.6. The van der Waals surface area contributed by atoms with E-state index in [4.69, 9.17) is 46.4 Å². The molecular weight excluding hydrogens is 298 g/mol. The molecular formula is C9H8Cl4OS. The number of rotatable bonds is 3. The van der Waals surface area contributed by atoms with E-state index in [9.17, 15) is 5.11 Å². The van der Waals surface area contributed by atoms with E-state index in [1.807, 2.05) is 6.92 Å². The lowest BCUT2D eigenvalue weighted by atomic mass is 10.3. The second-order valence-corrected chi connectivity index (χ2v) is 5.40. The Morgan fingerprint density at radius 1 is 1.00 bits per heavy atom. The second kappa shape index (κ2) is 5.74. The summed E-state index contributed by atoms with van der Waals surface area (Å²) in [5.41, 5.74) is 0. The molecule has 0 aliphatic rings. The van der Waals surface area contributed by atoms with Gasteiger partial charge in [0, 0.05) is 4.90 Å². The van der Waals surface area contributed by atoms with Crippen LogP contribution in [0.5, 0.6) is 5.75 Å². The maximum absolute atomic E-state index is 9.48. The highest BCUT2D eigenvalue weighted by Gasteiger charge is 2.19. The topological polar surface area (TPSA) is 20.2 Å². The molecule has 1 N–H and O–H groups in total. The van der Waals surface area contributed by atoms with Gasteiger partial charge in [-0.05, 0) is 12.2 Å². The van der Waals surface area contributed by atoms with Crippen LogP contribution in [0.15, 0.2) is 4.90 Å². The SMILES string of the molecule is CCCSc1c(Cl)c(Cl)c(O)c(Cl)c1Cl. The normalized spacial score (nSPS) is 10.7. The Morgan fingerprint density at radius 2 is 1.47 bits per heavy atom. The fraction of sp³-hybridized carbons (Fsp3) is 0.333. The van der Waals surface area contributed by atoms with Crippen molar-refractivity contribution in [2.24, 2.45) is 0 Å². The number of hydrogen-bond donors (Lipinski definition) is 1. The molecule has 0 aliphatic carbocycles. The predicted molar refractivity (Wildman–Crippen MR) is 69.2 cm³/mol. The highest BCUT2D eigenvalue weighted by Crippen LogP contribution is 2.48. The van der Waals surface area contributed by atoms with Gasteiger partial charge in [0.2, 0.25) is 0 Å². The van der Waals surface area contributed by atoms with E-state index in [-0.39, 0.29) is 25.8 Å². The van der Waals surface area contributed by atoms with Crippen molar-refractivity contribution in [2.45, 2.75) is 18.2 Å². The van der Waals surface area contributed by atoms with Gasteiger partial charge >= 0.3 is 0 Å². The van der Waals surface area contributed by atoms with Gasteiger partial charge in [-0.15, -0.1) is 11.8 Å². The van der Waals surface area contributed by atoms with Gasteiger partial charge in [0.05, 0.1) is 10.0 Å². The van der Waals surface area contributed by atoms with Crippen molar-refractivity contribution in [2.75, 3.05) is 5.75 Å². The lowest BCUT2D eigenvalue weighted by Crippen LogP contribution is -1.85. The van der Waals surface area contributed by atoms with Gasteiger partial charge in [0.25, 0.3) is 0 Å². The molecule has 1 aromatic carbocycles. The highest BCUT2D eigenvalue weighted by atomic mass is 35.5. The third kappa shape index (κ3) is 2.80. The summed E-state index contributed by atoms with van der Waals surface area (Å²) in [5.74, 6) is 0.589. The summed E-state index contributed by atoms with van der Waals surface area (Å²) < 4.78 is 0. The predicted octanol–water partition coefficient (Wildman–Crippen LogP) is 5.51. The van der Waals surface area contributed by atoms with Crippen molar-refractivity contribution < 1.29 is 5.11 Å². The molecule has 0 heterocycles.